The molecule has 0 aliphatic rings. The molecule has 0 amide bonds. The molecule has 0 aliphatic heterocycles. The molecule has 0 unspecified atom stereocenters. The van der Waals surface area contributed by atoms with Gasteiger partial charge in [-0.1, -0.05) is 18.2 Å². The number of methoxy groups -OCH3 is 2. The second-order valence-electron chi connectivity index (χ2n) is 5.47. The minimum atomic E-state index is -0.899. The summed E-state index contributed by atoms with van der Waals surface area (Å²) in [7, 11) is 3.27. The molecular weight excluding hydrogens is 306 g/mol. The normalized spacial score (nSPS) is 10.4. The van der Waals surface area contributed by atoms with Crippen molar-refractivity contribution in [2.24, 2.45) is 0 Å². The minimum Gasteiger partial charge on any atom is -0.493 e. The second kappa shape index (κ2) is 8.93. The van der Waals surface area contributed by atoms with Gasteiger partial charge in [-0.15, -0.1) is 0 Å². The molecule has 0 aromatic heterocycles. The number of aryl methyl sites for hydroxylation is 1. The first-order valence-electron chi connectivity index (χ1n) is 7.88. The smallest absolute Gasteiger partial charge is 0.335 e. The van der Waals surface area contributed by atoms with E-state index in [0.717, 1.165) is 43.0 Å². The summed E-state index contributed by atoms with van der Waals surface area (Å²) in [5.41, 5.74) is 2.60. The van der Waals surface area contributed by atoms with Crippen molar-refractivity contribution < 1.29 is 19.4 Å². The van der Waals surface area contributed by atoms with Crippen LogP contribution >= 0.6 is 0 Å². The summed E-state index contributed by atoms with van der Waals surface area (Å²) in [5, 5.41) is 12.2. The maximum Gasteiger partial charge on any atom is 0.335 e. The van der Waals surface area contributed by atoms with Crippen molar-refractivity contribution in [3.05, 3.63) is 59.2 Å². The Morgan fingerprint density at radius 2 is 1.67 bits per heavy atom. The number of carboxylic acid groups (broad SMARTS) is 1. The largest absolute Gasteiger partial charge is 0.493 e. The van der Waals surface area contributed by atoms with Gasteiger partial charge in [0, 0.05) is 6.54 Å². The van der Waals surface area contributed by atoms with Gasteiger partial charge in [-0.25, -0.2) is 4.79 Å². The van der Waals surface area contributed by atoms with Crippen molar-refractivity contribution in [3.8, 4) is 11.5 Å². The lowest BCUT2D eigenvalue weighted by Crippen LogP contribution is -2.15. The van der Waals surface area contributed by atoms with E-state index in [4.69, 9.17) is 14.6 Å². The molecular formula is C19H23NO4. The first-order chi connectivity index (χ1) is 11.6. The van der Waals surface area contributed by atoms with Gasteiger partial charge in [-0.05, 0) is 54.8 Å². The molecule has 0 saturated carbocycles. The van der Waals surface area contributed by atoms with Gasteiger partial charge in [0.2, 0.25) is 0 Å². The molecule has 5 heteroatoms. The Kier molecular flexibility index (Phi) is 6.63. The zero-order chi connectivity index (χ0) is 17.4. The van der Waals surface area contributed by atoms with Crippen molar-refractivity contribution in [1.29, 1.82) is 0 Å². The maximum absolute atomic E-state index is 10.8. The summed E-state index contributed by atoms with van der Waals surface area (Å²) >= 11 is 0. The van der Waals surface area contributed by atoms with Gasteiger partial charge in [0.15, 0.2) is 11.5 Å². The first kappa shape index (κ1) is 17.8. The van der Waals surface area contributed by atoms with E-state index in [1.165, 1.54) is 5.56 Å². The Morgan fingerprint density at radius 3 is 2.29 bits per heavy atom. The molecule has 2 aromatic rings. The number of hydrogen-bond donors (Lipinski definition) is 2. The van der Waals surface area contributed by atoms with Crippen LogP contribution in [0.5, 0.6) is 11.5 Å². The SMILES string of the molecule is COc1ccc(CCCNCc2ccc(C(=O)O)cc2)cc1OC. The van der Waals surface area contributed by atoms with Gasteiger partial charge < -0.3 is 19.9 Å². The monoisotopic (exact) mass is 329 g/mol. The van der Waals surface area contributed by atoms with Crippen molar-refractivity contribution >= 4 is 5.97 Å². The molecule has 0 saturated heterocycles. The predicted molar refractivity (Wildman–Crippen MR) is 93.0 cm³/mol. The predicted octanol–water partition coefficient (Wildman–Crippen LogP) is 3.12. The van der Waals surface area contributed by atoms with Crippen LogP contribution in [-0.2, 0) is 13.0 Å². The van der Waals surface area contributed by atoms with Crippen molar-refractivity contribution in [2.45, 2.75) is 19.4 Å². The van der Waals surface area contributed by atoms with Gasteiger partial charge in [0.1, 0.15) is 0 Å². The standard InChI is InChI=1S/C19H23NO4/c1-23-17-10-7-14(12-18(17)24-2)4-3-11-20-13-15-5-8-16(9-6-15)19(21)22/h5-10,12,20H,3-4,11,13H2,1-2H3,(H,21,22). The summed E-state index contributed by atoms with van der Waals surface area (Å²) in [6, 6.07) is 12.9. The zero-order valence-corrected chi connectivity index (χ0v) is 14.0. The van der Waals surface area contributed by atoms with E-state index in [0.29, 0.717) is 5.56 Å². The molecule has 24 heavy (non-hydrogen) atoms. The highest BCUT2D eigenvalue weighted by Gasteiger charge is 2.04. The molecule has 0 fully saturated rings. The lowest BCUT2D eigenvalue weighted by molar-refractivity contribution is 0.0697. The molecule has 2 N–H and O–H groups in total. The zero-order valence-electron chi connectivity index (χ0n) is 14.0. The Hall–Kier alpha value is -2.53. The number of benzene rings is 2. The fourth-order valence-corrected chi connectivity index (χ4v) is 2.45. The summed E-state index contributed by atoms with van der Waals surface area (Å²) in [4.78, 5) is 10.8. The van der Waals surface area contributed by atoms with Crippen LogP contribution in [0.25, 0.3) is 0 Å². The van der Waals surface area contributed by atoms with Crippen molar-refractivity contribution in [2.75, 3.05) is 20.8 Å². The molecule has 0 aliphatic carbocycles. The molecule has 128 valence electrons. The van der Waals surface area contributed by atoms with Gasteiger partial charge in [0.25, 0.3) is 0 Å². The molecule has 0 bridgehead atoms. The van der Waals surface area contributed by atoms with Gasteiger partial charge >= 0.3 is 5.97 Å². The average molecular weight is 329 g/mol. The van der Waals surface area contributed by atoms with Crippen LogP contribution in [0, 0.1) is 0 Å². The van der Waals surface area contributed by atoms with Crippen molar-refractivity contribution in [1.82, 2.24) is 5.32 Å². The van der Waals surface area contributed by atoms with Crippen LogP contribution in [-0.4, -0.2) is 31.8 Å². The molecule has 5 nitrogen and oxygen atoms in total. The van der Waals surface area contributed by atoms with Crippen LogP contribution < -0.4 is 14.8 Å². The fourth-order valence-electron chi connectivity index (χ4n) is 2.45. The third-order valence-electron chi connectivity index (χ3n) is 3.80. The number of aromatic carboxylic acids is 1. The summed E-state index contributed by atoms with van der Waals surface area (Å²) in [6.07, 6.45) is 1.95. The van der Waals surface area contributed by atoms with Crippen LogP contribution in [0.15, 0.2) is 42.5 Å². The number of hydrogen-bond acceptors (Lipinski definition) is 4. The molecule has 0 radical (unpaired) electrons. The van der Waals surface area contributed by atoms with Crippen LogP contribution in [0.4, 0.5) is 0 Å². The van der Waals surface area contributed by atoms with Crippen LogP contribution in [0.3, 0.4) is 0 Å². The van der Waals surface area contributed by atoms with Crippen molar-refractivity contribution in [3.63, 3.8) is 0 Å². The van der Waals surface area contributed by atoms with Gasteiger partial charge in [0.05, 0.1) is 19.8 Å². The Balaban J connectivity index is 1.74. The number of rotatable bonds is 9. The van der Waals surface area contributed by atoms with E-state index in [-0.39, 0.29) is 0 Å². The Labute approximate surface area is 142 Å². The number of carbonyl (C=O) groups is 1. The lowest BCUT2D eigenvalue weighted by Gasteiger charge is -2.10. The quantitative estimate of drug-likeness (QED) is 0.692. The Bertz CT molecular complexity index is 668. The maximum atomic E-state index is 10.8. The molecule has 0 atom stereocenters. The highest BCUT2D eigenvalue weighted by Crippen LogP contribution is 2.27. The highest BCUT2D eigenvalue weighted by atomic mass is 16.5. The summed E-state index contributed by atoms with van der Waals surface area (Å²) in [6.45, 7) is 1.61. The number of nitrogens with one attached hydrogen (secondary N) is 1. The van der Waals surface area contributed by atoms with Gasteiger partial charge in [-0.3, -0.25) is 0 Å². The van der Waals surface area contributed by atoms with E-state index in [2.05, 4.69) is 5.32 Å². The molecule has 0 spiro atoms. The van der Waals surface area contributed by atoms with Crippen LogP contribution in [0.1, 0.15) is 27.9 Å². The van der Waals surface area contributed by atoms with Gasteiger partial charge in [-0.2, -0.15) is 0 Å². The van der Waals surface area contributed by atoms with E-state index in [1.54, 1.807) is 26.4 Å². The van der Waals surface area contributed by atoms with Crippen LogP contribution in [0.2, 0.25) is 0 Å². The molecule has 0 heterocycles. The third-order valence-corrected chi connectivity index (χ3v) is 3.80. The minimum absolute atomic E-state index is 0.312. The highest BCUT2D eigenvalue weighted by molar-refractivity contribution is 5.87. The van der Waals surface area contributed by atoms with E-state index in [1.807, 2.05) is 30.3 Å². The fraction of sp³-hybridized carbons (Fsp3) is 0.316. The molecule has 2 aromatic carbocycles. The summed E-state index contributed by atoms with van der Waals surface area (Å²) < 4.78 is 10.5. The average Bonchev–Trinajstić information content (AvgIpc) is 2.61. The Morgan fingerprint density at radius 1 is 1.00 bits per heavy atom. The number of ether oxygens (including phenoxy) is 2. The van der Waals surface area contributed by atoms with E-state index >= 15 is 0 Å². The first-order valence-corrected chi connectivity index (χ1v) is 7.88. The lowest BCUT2D eigenvalue weighted by atomic mass is 10.1. The number of carboxylic acids is 1. The topological polar surface area (TPSA) is 67.8 Å². The second-order valence-corrected chi connectivity index (χ2v) is 5.47. The third kappa shape index (κ3) is 4.99. The van der Waals surface area contributed by atoms with E-state index < -0.39 is 5.97 Å². The molecule has 2 rings (SSSR count). The van der Waals surface area contributed by atoms with E-state index in [9.17, 15) is 4.79 Å². The summed E-state index contributed by atoms with van der Waals surface area (Å²) in [5.74, 6) is 0.593.